The lowest BCUT2D eigenvalue weighted by molar-refractivity contribution is 1.10. The van der Waals surface area contributed by atoms with Crippen molar-refractivity contribution in [1.82, 2.24) is 4.98 Å². The van der Waals surface area contributed by atoms with Crippen molar-refractivity contribution in [3.05, 3.63) is 23.4 Å². The molecule has 1 aromatic rings. The molecule has 0 radical (unpaired) electrons. The van der Waals surface area contributed by atoms with Gasteiger partial charge < -0.3 is 0 Å². The molecule has 0 aliphatic rings. The van der Waals surface area contributed by atoms with Gasteiger partial charge in [-0.25, -0.2) is 4.98 Å². The van der Waals surface area contributed by atoms with E-state index in [0.717, 1.165) is 0 Å². The lowest BCUT2D eigenvalue weighted by Crippen LogP contribution is -1.87. The maximum atomic E-state index is 8.66. The van der Waals surface area contributed by atoms with Gasteiger partial charge in [-0.1, -0.05) is 0 Å². The Balaban J connectivity index is 3.24. The van der Waals surface area contributed by atoms with Crippen LogP contribution in [0.3, 0.4) is 0 Å². The average Bonchev–Trinajstić information content (AvgIpc) is 2.16. The second kappa shape index (κ2) is 3.75. The Hall–Kier alpha value is -1.52. The molecule has 0 atom stereocenters. The number of hydrogen-bond donors (Lipinski definition) is 0. The first kappa shape index (κ1) is 8.58. The first-order chi connectivity index (χ1) is 5.81. The number of nitrogens with zero attached hydrogens (tertiary/aromatic N) is 3. The molecule has 0 N–H and O–H groups in total. The zero-order chi connectivity index (χ0) is 8.97. The lowest BCUT2D eigenvalue weighted by Gasteiger charge is -1.96. The molecule has 0 fully saturated rings. The van der Waals surface area contributed by atoms with E-state index in [9.17, 15) is 0 Å². The second-order valence-corrected chi connectivity index (χ2v) is 2.80. The minimum atomic E-state index is 0.421. The van der Waals surface area contributed by atoms with Crippen LogP contribution in [-0.2, 0) is 0 Å². The number of hydrogen-bond acceptors (Lipinski definition) is 4. The first-order valence-corrected chi connectivity index (χ1v) is 4.38. The van der Waals surface area contributed by atoms with Gasteiger partial charge in [0.1, 0.15) is 17.2 Å². The fourth-order valence-electron chi connectivity index (χ4n) is 0.756. The number of nitriles is 2. The number of rotatable bonds is 1. The highest BCUT2D eigenvalue weighted by atomic mass is 32.2. The topological polar surface area (TPSA) is 60.5 Å². The van der Waals surface area contributed by atoms with E-state index in [1.54, 1.807) is 6.07 Å². The molecule has 1 aromatic heterocycles. The smallest absolute Gasteiger partial charge is 0.114 e. The number of thioether (sulfide) groups is 1. The van der Waals surface area contributed by atoms with Crippen molar-refractivity contribution in [3.8, 4) is 12.1 Å². The molecule has 0 aliphatic carbocycles. The Bertz CT molecular complexity index is 373. The van der Waals surface area contributed by atoms with Gasteiger partial charge in [0.15, 0.2) is 0 Å². The van der Waals surface area contributed by atoms with Crippen LogP contribution in [0.15, 0.2) is 17.3 Å². The first-order valence-electron chi connectivity index (χ1n) is 3.16. The van der Waals surface area contributed by atoms with Crippen LogP contribution in [0.1, 0.15) is 11.1 Å². The van der Waals surface area contributed by atoms with Gasteiger partial charge in [-0.15, -0.1) is 11.8 Å². The molecule has 0 saturated heterocycles. The lowest BCUT2D eigenvalue weighted by atomic mass is 10.2. The largest absolute Gasteiger partial charge is 0.247 e. The number of aromatic nitrogens is 1. The maximum Gasteiger partial charge on any atom is 0.114 e. The summed E-state index contributed by atoms with van der Waals surface area (Å²) in [5, 5.41) is 17.8. The van der Waals surface area contributed by atoms with Gasteiger partial charge in [-0.2, -0.15) is 10.5 Å². The molecule has 1 rings (SSSR count). The van der Waals surface area contributed by atoms with Gasteiger partial charge in [0.2, 0.25) is 0 Å². The Morgan fingerprint density at radius 1 is 1.42 bits per heavy atom. The molecule has 1 heterocycles. The third-order valence-electron chi connectivity index (χ3n) is 1.29. The zero-order valence-corrected chi connectivity index (χ0v) is 7.22. The molecule has 58 valence electrons. The van der Waals surface area contributed by atoms with Crippen molar-refractivity contribution in [2.24, 2.45) is 0 Å². The van der Waals surface area contributed by atoms with E-state index in [-0.39, 0.29) is 0 Å². The van der Waals surface area contributed by atoms with E-state index >= 15 is 0 Å². The molecular weight excluding hydrogens is 170 g/mol. The molecule has 12 heavy (non-hydrogen) atoms. The average molecular weight is 175 g/mol. The highest BCUT2D eigenvalue weighted by Gasteiger charge is 2.02. The van der Waals surface area contributed by atoms with E-state index in [4.69, 9.17) is 10.5 Å². The third-order valence-corrected chi connectivity index (χ3v) is 2.01. The van der Waals surface area contributed by atoms with Crippen LogP contribution >= 0.6 is 11.8 Å². The summed E-state index contributed by atoms with van der Waals surface area (Å²) in [6.45, 7) is 0. The summed E-state index contributed by atoms with van der Waals surface area (Å²) in [4.78, 5) is 3.96. The van der Waals surface area contributed by atoms with Gasteiger partial charge in [0.25, 0.3) is 0 Å². The van der Waals surface area contributed by atoms with Crippen molar-refractivity contribution in [2.75, 3.05) is 6.26 Å². The molecule has 0 aliphatic heterocycles. The van der Waals surface area contributed by atoms with Crippen molar-refractivity contribution >= 4 is 11.8 Å². The Morgan fingerprint density at radius 2 is 2.17 bits per heavy atom. The van der Waals surface area contributed by atoms with E-state index in [0.29, 0.717) is 16.2 Å². The van der Waals surface area contributed by atoms with Crippen LogP contribution in [0.2, 0.25) is 0 Å². The highest BCUT2D eigenvalue weighted by molar-refractivity contribution is 7.98. The molecular formula is C8H5N3S. The summed E-state index contributed by atoms with van der Waals surface area (Å²) < 4.78 is 0. The summed E-state index contributed by atoms with van der Waals surface area (Å²) >= 11 is 1.40. The van der Waals surface area contributed by atoms with Gasteiger partial charge in [-0.3, -0.25) is 0 Å². The summed E-state index contributed by atoms with van der Waals surface area (Å²) in [6, 6.07) is 5.46. The monoisotopic (exact) mass is 175 g/mol. The Labute approximate surface area is 74.7 Å². The minimum absolute atomic E-state index is 0.421. The summed E-state index contributed by atoms with van der Waals surface area (Å²) in [7, 11) is 0. The third kappa shape index (κ3) is 1.55. The van der Waals surface area contributed by atoms with Crippen molar-refractivity contribution < 1.29 is 0 Å². The Kier molecular flexibility index (Phi) is 2.68. The van der Waals surface area contributed by atoms with Crippen LogP contribution < -0.4 is 0 Å². The fraction of sp³-hybridized carbons (Fsp3) is 0.125. The molecule has 0 bridgehead atoms. The van der Waals surface area contributed by atoms with Crippen LogP contribution in [0.25, 0.3) is 0 Å². The number of pyridine rings is 1. The van der Waals surface area contributed by atoms with Crippen LogP contribution in [0, 0.1) is 22.7 Å². The summed E-state index contributed by atoms with van der Waals surface area (Å²) in [5.41, 5.74) is 0.880. The van der Waals surface area contributed by atoms with Crippen LogP contribution in [0.5, 0.6) is 0 Å². The van der Waals surface area contributed by atoms with Crippen molar-refractivity contribution in [2.45, 2.75) is 5.03 Å². The van der Waals surface area contributed by atoms with Gasteiger partial charge in [-0.05, 0) is 12.3 Å². The van der Waals surface area contributed by atoms with E-state index in [1.165, 1.54) is 18.0 Å². The highest BCUT2D eigenvalue weighted by Crippen LogP contribution is 2.16. The second-order valence-electron chi connectivity index (χ2n) is 2.00. The van der Waals surface area contributed by atoms with E-state index < -0.39 is 0 Å². The Morgan fingerprint density at radius 3 is 2.67 bits per heavy atom. The molecule has 0 saturated carbocycles. The zero-order valence-electron chi connectivity index (χ0n) is 6.40. The maximum absolute atomic E-state index is 8.66. The van der Waals surface area contributed by atoms with E-state index in [2.05, 4.69) is 4.98 Å². The standard InChI is InChI=1S/C8H5N3S/c1-12-8-7(4-10)2-6(3-9)5-11-8/h2,5H,1H3. The normalized spacial score (nSPS) is 8.58. The molecule has 0 aromatic carbocycles. The summed E-state index contributed by atoms with van der Waals surface area (Å²) in [6.07, 6.45) is 3.31. The van der Waals surface area contributed by atoms with Crippen LogP contribution in [0.4, 0.5) is 0 Å². The van der Waals surface area contributed by atoms with Crippen molar-refractivity contribution in [1.29, 1.82) is 10.5 Å². The summed E-state index contributed by atoms with van der Waals surface area (Å²) in [5.74, 6) is 0. The predicted octanol–water partition coefficient (Wildman–Crippen LogP) is 1.55. The fourth-order valence-corrected chi connectivity index (χ4v) is 1.24. The minimum Gasteiger partial charge on any atom is -0.247 e. The SMILES string of the molecule is CSc1ncc(C#N)cc1C#N. The predicted molar refractivity (Wildman–Crippen MR) is 45.4 cm³/mol. The van der Waals surface area contributed by atoms with Crippen LogP contribution in [-0.4, -0.2) is 11.2 Å². The molecule has 0 spiro atoms. The molecule has 4 heteroatoms. The molecule has 0 unspecified atom stereocenters. The van der Waals surface area contributed by atoms with Crippen molar-refractivity contribution in [3.63, 3.8) is 0 Å². The van der Waals surface area contributed by atoms with Gasteiger partial charge in [0.05, 0.1) is 11.1 Å². The van der Waals surface area contributed by atoms with Gasteiger partial charge in [0, 0.05) is 6.20 Å². The van der Waals surface area contributed by atoms with Gasteiger partial charge >= 0.3 is 0 Å². The van der Waals surface area contributed by atoms with E-state index in [1.807, 2.05) is 18.4 Å². The molecule has 3 nitrogen and oxygen atoms in total. The molecule has 0 amide bonds. The quantitative estimate of drug-likeness (QED) is 0.607.